The Balaban J connectivity index is 1.49. The molecule has 114 valence electrons. The molecule has 20 heavy (non-hydrogen) atoms. The van der Waals surface area contributed by atoms with Gasteiger partial charge in [0.1, 0.15) is 0 Å². The van der Waals surface area contributed by atoms with Gasteiger partial charge >= 0.3 is 6.03 Å². The molecule has 2 amide bonds. The molecule has 0 aromatic rings. The van der Waals surface area contributed by atoms with Crippen molar-refractivity contribution in [1.29, 1.82) is 0 Å². The minimum absolute atomic E-state index is 0.0583. The van der Waals surface area contributed by atoms with E-state index >= 15 is 0 Å². The number of carbonyl (C=O) groups excluding carboxylic acids is 1. The Labute approximate surface area is 118 Å². The SMILES string of the molecule is O=C(NC1CCS(=O)(=O)C1)N1CCC2(CC1)OCCO2. The molecule has 3 rings (SSSR count). The van der Waals surface area contributed by atoms with Crippen molar-refractivity contribution in [2.45, 2.75) is 31.1 Å². The third kappa shape index (κ3) is 2.91. The topological polar surface area (TPSA) is 84.9 Å². The van der Waals surface area contributed by atoms with Crippen LogP contribution in [-0.2, 0) is 19.3 Å². The first-order chi connectivity index (χ1) is 9.48. The van der Waals surface area contributed by atoms with Crippen molar-refractivity contribution in [2.24, 2.45) is 0 Å². The summed E-state index contributed by atoms with van der Waals surface area (Å²) in [5.41, 5.74) is 0. The van der Waals surface area contributed by atoms with Crippen molar-refractivity contribution in [2.75, 3.05) is 37.8 Å². The molecule has 0 saturated carbocycles. The van der Waals surface area contributed by atoms with E-state index in [4.69, 9.17) is 9.47 Å². The molecule has 0 radical (unpaired) electrons. The van der Waals surface area contributed by atoms with Gasteiger partial charge in [-0.2, -0.15) is 0 Å². The first-order valence-electron chi connectivity index (χ1n) is 7.02. The maximum Gasteiger partial charge on any atom is 0.317 e. The van der Waals surface area contributed by atoms with Crippen molar-refractivity contribution in [3.63, 3.8) is 0 Å². The number of piperidine rings is 1. The molecule has 3 fully saturated rings. The smallest absolute Gasteiger partial charge is 0.317 e. The standard InChI is InChI=1S/C12H20N2O5S/c15-11(13-10-1-8-20(16,17)9-10)14-4-2-12(3-5-14)18-6-7-19-12/h10H,1-9H2,(H,13,15). The fraction of sp³-hybridized carbons (Fsp3) is 0.917. The number of likely N-dealkylation sites (tertiary alicyclic amines) is 1. The van der Waals surface area contributed by atoms with E-state index < -0.39 is 15.6 Å². The third-order valence-electron chi connectivity index (χ3n) is 4.19. The lowest BCUT2D eigenvalue weighted by Gasteiger charge is -2.37. The van der Waals surface area contributed by atoms with Crippen LogP contribution in [0.3, 0.4) is 0 Å². The number of nitrogens with one attached hydrogen (secondary N) is 1. The Morgan fingerprint density at radius 2 is 1.85 bits per heavy atom. The summed E-state index contributed by atoms with van der Waals surface area (Å²) in [6.07, 6.45) is 1.85. The Kier molecular flexibility index (Phi) is 3.64. The van der Waals surface area contributed by atoms with E-state index in [1.165, 1.54) is 0 Å². The van der Waals surface area contributed by atoms with Crippen molar-refractivity contribution in [1.82, 2.24) is 10.2 Å². The minimum Gasteiger partial charge on any atom is -0.347 e. The Morgan fingerprint density at radius 3 is 2.40 bits per heavy atom. The van der Waals surface area contributed by atoms with Gasteiger partial charge in [0.25, 0.3) is 0 Å². The van der Waals surface area contributed by atoms with Crippen LogP contribution in [0.5, 0.6) is 0 Å². The number of ether oxygens (including phenoxy) is 2. The van der Waals surface area contributed by atoms with Crippen LogP contribution in [0.25, 0.3) is 0 Å². The van der Waals surface area contributed by atoms with Gasteiger partial charge in [-0.1, -0.05) is 0 Å². The highest BCUT2D eigenvalue weighted by Gasteiger charge is 2.41. The molecule has 1 N–H and O–H groups in total. The van der Waals surface area contributed by atoms with Gasteiger partial charge in [0.2, 0.25) is 0 Å². The zero-order chi connectivity index (χ0) is 14.2. The average molecular weight is 304 g/mol. The number of rotatable bonds is 1. The van der Waals surface area contributed by atoms with Gasteiger partial charge in [-0.3, -0.25) is 0 Å². The number of hydrogen-bond acceptors (Lipinski definition) is 5. The molecule has 0 bridgehead atoms. The van der Waals surface area contributed by atoms with Gasteiger partial charge in [-0.25, -0.2) is 13.2 Å². The van der Waals surface area contributed by atoms with E-state index in [0.29, 0.717) is 45.6 Å². The van der Waals surface area contributed by atoms with E-state index in [9.17, 15) is 13.2 Å². The van der Waals surface area contributed by atoms with E-state index in [1.807, 2.05) is 0 Å². The summed E-state index contributed by atoms with van der Waals surface area (Å²) in [7, 11) is -2.96. The highest BCUT2D eigenvalue weighted by Crippen LogP contribution is 2.31. The average Bonchev–Trinajstić information content (AvgIpc) is 2.98. The molecular formula is C12H20N2O5S. The first-order valence-corrected chi connectivity index (χ1v) is 8.84. The number of hydrogen-bond donors (Lipinski definition) is 1. The Bertz CT molecular complexity index is 476. The molecule has 0 aromatic heterocycles. The van der Waals surface area contributed by atoms with Crippen LogP contribution in [0.1, 0.15) is 19.3 Å². The summed E-state index contributed by atoms with van der Waals surface area (Å²) < 4.78 is 34.0. The minimum atomic E-state index is -2.96. The van der Waals surface area contributed by atoms with Crippen molar-refractivity contribution in [3.8, 4) is 0 Å². The van der Waals surface area contributed by atoms with Crippen molar-refractivity contribution < 1.29 is 22.7 Å². The van der Waals surface area contributed by atoms with Crippen LogP contribution >= 0.6 is 0 Å². The zero-order valence-electron chi connectivity index (χ0n) is 11.3. The van der Waals surface area contributed by atoms with Crippen LogP contribution in [0, 0.1) is 0 Å². The van der Waals surface area contributed by atoms with Crippen LogP contribution in [-0.4, -0.2) is 69.0 Å². The predicted molar refractivity (Wildman–Crippen MR) is 71.0 cm³/mol. The van der Waals surface area contributed by atoms with Gasteiger partial charge in [0.05, 0.1) is 24.7 Å². The number of amides is 2. The molecule has 3 aliphatic heterocycles. The summed E-state index contributed by atoms with van der Waals surface area (Å²) in [5, 5.41) is 2.81. The molecule has 7 nitrogen and oxygen atoms in total. The second-order valence-corrected chi connectivity index (χ2v) is 7.87. The molecule has 1 atom stereocenters. The molecule has 0 aromatic carbocycles. The summed E-state index contributed by atoms with van der Waals surface area (Å²) in [4.78, 5) is 13.8. The second-order valence-electron chi connectivity index (χ2n) is 5.64. The lowest BCUT2D eigenvalue weighted by atomic mass is 10.0. The number of urea groups is 1. The maximum atomic E-state index is 12.1. The van der Waals surface area contributed by atoms with Gasteiger partial charge in [0, 0.05) is 32.0 Å². The van der Waals surface area contributed by atoms with Gasteiger partial charge in [-0.15, -0.1) is 0 Å². The molecular weight excluding hydrogens is 284 g/mol. The van der Waals surface area contributed by atoms with Gasteiger partial charge < -0.3 is 19.7 Å². The van der Waals surface area contributed by atoms with E-state index in [0.717, 1.165) is 0 Å². The molecule has 3 heterocycles. The summed E-state index contributed by atoms with van der Waals surface area (Å²) in [6.45, 7) is 2.38. The van der Waals surface area contributed by atoms with Crippen LogP contribution < -0.4 is 5.32 Å². The Hall–Kier alpha value is -0.860. The summed E-state index contributed by atoms with van der Waals surface area (Å²) in [6, 6.07) is -0.428. The zero-order valence-corrected chi connectivity index (χ0v) is 12.2. The van der Waals surface area contributed by atoms with E-state index in [1.54, 1.807) is 4.90 Å². The monoisotopic (exact) mass is 304 g/mol. The fourth-order valence-electron chi connectivity index (χ4n) is 3.01. The lowest BCUT2D eigenvalue weighted by Crippen LogP contribution is -2.52. The lowest BCUT2D eigenvalue weighted by molar-refractivity contribution is -0.181. The van der Waals surface area contributed by atoms with Crippen LogP contribution in [0.2, 0.25) is 0 Å². The maximum absolute atomic E-state index is 12.1. The highest BCUT2D eigenvalue weighted by atomic mass is 32.2. The van der Waals surface area contributed by atoms with Gasteiger partial charge in [0.15, 0.2) is 15.6 Å². The van der Waals surface area contributed by atoms with Crippen LogP contribution in [0.4, 0.5) is 4.79 Å². The largest absolute Gasteiger partial charge is 0.347 e. The van der Waals surface area contributed by atoms with Crippen molar-refractivity contribution >= 4 is 15.9 Å². The van der Waals surface area contributed by atoms with Gasteiger partial charge in [-0.05, 0) is 6.42 Å². The number of sulfone groups is 1. The molecule has 8 heteroatoms. The molecule has 3 saturated heterocycles. The summed E-state index contributed by atoms with van der Waals surface area (Å²) in [5.74, 6) is -0.265. The molecule has 0 aliphatic carbocycles. The highest BCUT2D eigenvalue weighted by molar-refractivity contribution is 7.91. The Morgan fingerprint density at radius 1 is 1.20 bits per heavy atom. The molecule has 1 spiro atoms. The van der Waals surface area contributed by atoms with Crippen LogP contribution in [0.15, 0.2) is 0 Å². The third-order valence-corrected chi connectivity index (χ3v) is 5.95. The number of carbonyl (C=O) groups is 1. The van der Waals surface area contributed by atoms with E-state index in [-0.39, 0.29) is 23.6 Å². The fourth-order valence-corrected chi connectivity index (χ4v) is 4.68. The first kappa shape index (κ1) is 14.1. The predicted octanol–water partition coefficient (Wildman–Crippen LogP) is -0.278. The quantitative estimate of drug-likeness (QED) is 0.720. The van der Waals surface area contributed by atoms with Crippen molar-refractivity contribution in [3.05, 3.63) is 0 Å². The molecule has 3 aliphatic rings. The summed E-state index contributed by atoms with van der Waals surface area (Å²) >= 11 is 0. The normalized spacial score (nSPS) is 31.6. The second kappa shape index (κ2) is 5.16. The van der Waals surface area contributed by atoms with E-state index in [2.05, 4.69) is 5.32 Å². The molecule has 1 unspecified atom stereocenters. The number of nitrogens with zero attached hydrogens (tertiary/aromatic N) is 1.